The normalized spacial score (nSPS) is 11.2. The molecule has 2 aromatic heterocycles. The van der Waals surface area contributed by atoms with E-state index in [9.17, 15) is 0 Å². The number of aryl methyl sites for hydroxylation is 1. The zero-order valence-electron chi connectivity index (χ0n) is 10.6. The predicted molar refractivity (Wildman–Crippen MR) is 85.5 cm³/mol. The molecule has 0 N–H and O–H groups in total. The van der Waals surface area contributed by atoms with Gasteiger partial charge in [0.1, 0.15) is 0 Å². The lowest BCUT2D eigenvalue weighted by Crippen LogP contribution is -1.88. The monoisotopic (exact) mass is 378 g/mol. The van der Waals surface area contributed by atoms with Crippen LogP contribution in [0.15, 0.2) is 45.6 Å². The van der Waals surface area contributed by atoms with E-state index in [0.29, 0.717) is 0 Å². The molecule has 0 atom stereocenters. The summed E-state index contributed by atoms with van der Waals surface area (Å²) >= 11 is 7.18. The van der Waals surface area contributed by atoms with Crippen molar-refractivity contribution in [2.45, 2.75) is 13.8 Å². The fourth-order valence-electron chi connectivity index (χ4n) is 2.01. The quantitative estimate of drug-likeness (QED) is 0.571. The van der Waals surface area contributed by atoms with Crippen LogP contribution in [-0.2, 0) is 0 Å². The van der Waals surface area contributed by atoms with E-state index in [2.05, 4.69) is 76.2 Å². The molecule has 0 saturated carbocycles. The van der Waals surface area contributed by atoms with Gasteiger partial charge >= 0.3 is 0 Å². The maximum Gasteiger partial charge on any atom is 0.152 e. The fraction of sp³-hybridized carbons (Fsp3) is 0.133. The maximum absolute atomic E-state index is 4.71. The van der Waals surface area contributed by atoms with Crippen molar-refractivity contribution in [2.75, 3.05) is 0 Å². The van der Waals surface area contributed by atoms with Crippen LogP contribution in [0.1, 0.15) is 11.1 Å². The number of rotatable bonds is 1. The zero-order valence-corrected chi connectivity index (χ0v) is 13.8. The van der Waals surface area contributed by atoms with E-state index >= 15 is 0 Å². The first-order valence-electron chi connectivity index (χ1n) is 5.96. The van der Waals surface area contributed by atoms with Gasteiger partial charge in [-0.05, 0) is 51.3 Å². The lowest BCUT2D eigenvalue weighted by Gasteiger charge is -2.03. The number of fused-ring (bicyclic) bond motifs is 1. The summed E-state index contributed by atoms with van der Waals surface area (Å²) in [6.07, 6.45) is 4.09. The van der Waals surface area contributed by atoms with Gasteiger partial charge in [0, 0.05) is 22.4 Å². The van der Waals surface area contributed by atoms with E-state index in [-0.39, 0.29) is 0 Å². The third kappa shape index (κ3) is 2.23. The number of halogens is 2. The van der Waals surface area contributed by atoms with Crippen LogP contribution in [0.2, 0.25) is 0 Å². The second-order valence-electron chi connectivity index (χ2n) is 4.64. The molecule has 0 amide bonds. The molecular weight excluding hydrogens is 368 g/mol. The Kier molecular flexibility index (Phi) is 3.23. The first-order valence-corrected chi connectivity index (χ1v) is 7.55. The number of pyridine rings is 1. The van der Waals surface area contributed by atoms with Gasteiger partial charge in [0.2, 0.25) is 0 Å². The minimum Gasteiger partial charge on any atom is -0.304 e. The standard InChI is InChI=1S/C15H12Br2N2/c1-9-3-5-11(6-4-9)13-8-19-7-12(16)10(2)14(17)15(19)18-13/h3-8H,1-2H3. The second-order valence-corrected chi connectivity index (χ2v) is 6.29. The Balaban J connectivity index is 2.22. The highest BCUT2D eigenvalue weighted by Gasteiger charge is 2.11. The molecule has 1 aromatic carbocycles. The Morgan fingerprint density at radius 3 is 2.37 bits per heavy atom. The van der Waals surface area contributed by atoms with Gasteiger partial charge in [0.15, 0.2) is 5.65 Å². The molecule has 0 aliphatic rings. The number of aromatic nitrogens is 2. The molecule has 0 aliphatic heterocycles. The largest absolute Gasteiger partial charge is 0.304 e. The molecule has 19 heavy (non-hydrogen) atoms. The molecule has 4 heteroatoms. The van der Waals surface area contributed by atoms with Gasteiger partial charge in [-0.3, -0.25) is 0 Å². The van der Waals surface area contributed by atoms with Crippen LogP contribution in [-0.4, -0.2) is 9.38 Å². The Hall–Kier alpha value is -1.13. The third-order valence-corrected chi connectivity index (χ3v) is 4.96. The molecule has 0 saturated heterocycles. The third-order valence-electron chi connectivity index (χ3n) is 3.22. The lowest BCUT2D eigenvalue weighted by atomic mass is 10.1. The van der Waals surface area contributed by atoms with Crippen molar-refractivity contribution in [2.24, 2.45) is 0 Å². The number of nitrogens with zero attached hydrogens (tertiary/aromatic N) is 2. The summed E-state index contributed by atoms with van der Waals surface area (Å²) in [7, 11) is 0. The average Bonchev–Trinajstić information content (AvgIpc) is 2.81. The molecule has 2 heterocycles. The van der Waals surface area contributed by atoms with Crippen molar-refractivity contribution in [3.05, 3.63) is 56.7 Å². The minimum absolute atomic E-state index is 0.941. The van der Waals surface area contributed by atoms with E-state index in [1.54, 1.807) is 0 Å². The van der Waals surface area contributed by atoms with Crippen molar-refractivity contribution < 1.29 is 0 Å². The van der Waals surface area contributed by atoms with Crippen molar-refractivity contribution in [3.8, 4) is 11.3 Å². The summed E-state index contributed by atoms with van der Waals surface area (Å²) in [4.78, 5) is 4.71. The summed E-state index contributed by atoms with van der Waals surface area (Å²) < 4.78 is 4.14. The highest BCUT2D eigenvalue weighted by atomic mass is 79.9. The molecule has 0 aliphatic carbocycles. The van der Waals surface area contributed by atoms with Crippen molar-refractivity contribution in [1.82, 2.24) is 9.38 Å². The Morgan fingerprint density at radius 1 is 1.00 bits per heavy atom. The van der Waals surface area contributed by atoms with Crippen LogP contribution in [0.5, 0.6) is 0 Å². The molecule has 2 nitrogen and oxygen atoms in total. The van der Waals surface area contributed by atoms with Gasteiger partial charge in [-0.25, -0.2) is 4.98 Å². The highest BCUT2D eigenvalue weighted by molar-refractivity contribution is 9.11. The zero-order chi connectivity index (χ0) is 13.6. The van der Waals surface area contributed by atoms with E-state index in [0.717, 1.165) is 31.4 Å². The van der Waals surface area contributed by atoms with E-state index < -0.39 is 0 Å². The Bertz CT molecular complexity index is 758. The smallest absolute Gasteiger partial charge is 0.152 e. The maximum atomic E-state index is 4.71. The predicted octanol–water partition coefficient (Wildman–Crippen LogP) is 5.14. The van der Waals surface area contributed by atoms with E-state index in [4.69, 9.17) is 4.98 Å². The lowest BCUT2D eigenvalue weighted by molar-refractivity contribution is 1.14. The minimum atomic E-state index is 0.941. The molecule has 0 bridgehead atoms. The molecule has 0 fully saturated rings. The first kappa shape index (κ1) is 12.9. The molecule has 3 aromatic rings. The van der Waals surface area contributed by atoms with Crippen LogP contribution < -0.4 is 0 Å². The van der Waals surface area contributed by atoms with Crippen LogP contribution in [0, 0.1) is 13.8 Å². The summed E-state index contributed by atoms with van der Waals surface area (Å²) in [5.41, 5.74) is 5.48. The molecule has 3 rings (SSSR count). The number of benzene rings is 1. The summed E-state index contributed by atoms with van der Waals surface area (Å²) in [6, 6.07) is 8.42. The van der Waals surface area contributed by atoms with Gasteiger partial charge in [-0.15, -0.1) is 0 Å². The second kappa shape index (κ2) is 4.76. The van der Waals surface area contributed by atoms with Crippen molar-refractivity contribution in [3.63, 3.8) is 0 Å². The van der Waals surface area contributed by atoms with Gasteiger partial charge in [-0.1, -0.05) is 29.8 Å². The Morgan fingerprint density at radius 2 is 1.68 bits per heavy atom. The highest BCUT2D eigenvalue weighted by Crippen LogP contribution is 2.30. The average molecular weight is 380 g/mol. The molecular formula is C15H12Br2N2. The van der Waals surface area contributed by atoms with Gasteiger partial charge < -0.3 is 4.40 Å². The topological polar surface area (TPSA) is 17.3 Å². The number of hydrogen-bond acceptors (Lipinski definition) is 1. The van der Waals surface area contributed by atoms with Crippen LogP contribution in [0.25, 0.3) is 16.9 Å². The first-order chi connectivity index (χ1) is 9.06. The van der Waals surface area contributed by atoms with Crippen LogP contribution in [0.3, 0.4) is 0 Å². The van der Waals surface area contributed by atoms with Crippen LogP contribution >= 0.6 is 31.9 Å². The molecule has 96 valence electrons. The fourth-order valence-corrected chi connectivity index (χ4v) is 3.20. The summed E-state index contributed by atoms with van der Waals surface area (Å²) in [5, 5.41) is 0. The van der Waals surface area contributed by atoms with Crippen molar-refractivity contribution in [1.29, 1.82) is 0 Å². The molecule has 0 unspecified atom stereocenters. The summed E-state index contributed by atoms with van der Waals surface area (Å²) in [5.74, 6) is 0. The molecule has 0 spiro atoms. The van der Waals surface area contributed by atoms with Gasteiger partial charge in [0.25, 0.3) is 0 Å². The number of imidazole rings is 1. The van der Waals surface area contributed by atoms with E-state index in [1.807, 2.05) is 10.6 Å². The van der Waals surface area contributed by atoms with Gasteiger partial charge in [-0.2, -0.15) is 0 Å². The van der Waals surface area contributed by atoms with E-state index in [1.165, 1.54) is 5.56 Å². The summed E-state index contributed by atoms with van der Waals surface area (Å²) in [6.45, 7) is 4.15. The number of hydrogen-bond donors (Lipinski definition) is 0. The Labute approximate surface area is 128 Å². The molecule has 0 radical (unpaired) electrons. The SMILES string of the molecule is Cc1ccc(-c2cn3cc(Br)c(C)c(Br)c3n2)cc1. The van der Waals surface area contributed by atoms with Crippen molar-refractivity contribution >= 4 is 37.5 Å². The van der Waals surface area contributed by atoms with Gasteiger partial charge in [0.05, 0.1) is 10.2 Å². The van der Waals surface area contributed by atoms with Crippen LogP contribution in [0.4, 0.5) is 0 Å².